The summed E-state index contributed by atoms with van der Waals surface area (Å²) in [5.74, 6) is -0.802. The van der Waals surface area contributed by atoms with Crippen molar-refractivity contribution >= 4 is 17.9 Å². The zero-order valence-electron chi connectivity index (χ0n) is 19.0. The first-order valence-corrected chi connectivity index (χ1v) is 10.7. The van der Waals surface area contributed by atoms with Crippen molar-refractivity contribution in [3.63, 3.8) is 0 Å². The van der Waals surface area contributed by atoms with E-state index in [9.17, 15) is 19.5 Å². The molecule has 1 aromatic carbocycles. The molecule has 1 fully saturated rings. The third-order valence-corrected chi connectivity index (χ3v) is 7.85. The molecule has 4 unspecified atom stereocenters. The molecule has 1 aromatic rings. The van der Waals surface area contributed by atoms with Gasteiger partial charge in [-0.1, -0.05) is 13.8 Å². The summed E-state index contributed by atoms with van der Waals surface area (Å²) in [4.78, 5) is 36.0. The van der Waals surface area contributed by atoms with Crippen LogP contribution in [-0.2, 0) is 42.1 Å². The van der Waals surface area contributed by atoms with Gasteiger partial charge < -0.3 is 19.3 Å². The van der Waals surface area contributed by atoms with Gasteiger partial charge in [-0.2, -0.15) is 0 Å². The van der Waals surface area contributed by atoms with Crippen molar-refractivity contribution in [2.45, 2.75) is 90.4 Å². The number of ether oxygens (including phenoxy) is 3. The fraction of sp³-hybridized carbons (Fsp3) is 0.625. The Bertz CT molecular complexity index is 994. The Labute approximate surface area is 182 Å². The van der Waals surface area contributed by atoms with Crippen molar-refractivity contribution in [1.82, 2.24) is 0 Å². The van der Waals surface area contributed by atoms with E-state index in [0.717, 1.165) is 22.3 Å². The maximum atomic E-state index is 12.2. The summed E-state index contributed by atoms with van der Waals surface area (Å²) in [5.41, 5.74) is 0.684. The Hall–Kier alpha value is -2.41. The van der Waals surface area contributed by atoms with Crippen LogP contribution in [0.3, 0.4) is 0 Å². The summed E-state index contributed by atoms with van der Waals surface area (Å²) in [5, 5.41) is 12.2. The molecule has 0 aromatic heterocycles. The summed E-state index contributed by atoms with van der Waals surface area (Å²) in [6, 6.07) is 1.81. The summed E-state index contributed by atoms with van der Waals surface area (Å²) in [6.07, 6.45) is 0.0604. The van der Waals surface area contributed by atoms with Crippen LogP contribution in [0.5, 0.6) is 5.75 Å². The average Bonchev–Trinajstić information content (AvgIpc) is 3.02. The summed E-state index contributed by atoms with van der Waals surface area (Å²) in [7, 11) is 0. The minimum absolute atomic E-state index is 0.227. The Morgan fingerprint density at radius 1 is 1.13 bits per heavy atom. The van der Waals surface area contributed by atoms with E-state index in [4.69, 9.17) is 14.2 Å². The van der Waals surface area contributed by atoms with E-state index in [1.807, 2.05) is 33.8 Å². The van der Waals surface area contributed by atoms with Crippen LogP contribution in [0.2, 0.25) is 0 Å². The van der Waals surface area contributed by atoms with Gasteiger partial charge in [0.15, 0.2) is 6.10 Å². The number of esters is 3. The number of fused-ring (bicyclic) bond motifs is 4. The van der Waals surface area contributed by atoms with Crippen molar-refractivity contribution in [3.05, 3.63) is 28.3 Å². The molecular formula is C24H30O7. The fourth-order valence-electron chi connectivity index (χ4n) is 6.33. The maximum Gasteiger partial charge on any atom is 0.315 e. The monoisotopic (exact) mass is 430 g/mol. The zero-order chi connectivity index (χ0) is 22.9. The van der Waals surface area contributed by atoms with Gasteiger partial charge in [0.2, 0.25) is 0 Å². The second kappa shape index (κ2) is 6.79. The molecule has 0 saturated heterocycles. The molecule has 0 amide bonds. The Balaban J connectivity index is 1.99. The van der Waals surface area contributed by atoms with Crippen LogP contribution in [0.15, 0.2) is 6.07 Å². The first-order valence-electron chi connectivity index (χ1n) is 10.7. The van der Waals surface area contributed by atoms with Crippen LogP contribution in [0.4, 0.5) is 0 Å². The standard InChI is InChI=1S/C24H30O7/c1-12-15-7-8-24(28)22(4,5)11-19(29-13(2)25)21(30-14(3)26)23(24,6)17(15)10-18-16(12)9-20(27)31-18/h10,19,21,28H,7-9,11H2,1-6H3. The van der Waals surface area contributed by atoms with Crippen LogP contribution in [-0.4, -0.2) is 40.8 Å². The molecule has 4 rings (SSSR count). The maximum absolute atomic E-state index is 12.2. The van der Waals surface area contributed by atoms with E-state index < -0.39 is 40.6 Å². The molecule has 0 spiro atoms. The van der Waals surface area contributed by atoms with Gasteiger partial charge in [-0.05, 0) is 61.3 Å². The van der Waals surface area contributed by atoms with E-state index in [-0.39, 0.29) is 12.4 Å². The second-order valence-electron chi connectivity index (χ2n) is 9.98. The molecule has 168 valence electrons. The van der Waals surface area contributed by atoms with Gasteiger partial charge in [0.05, 0.1) is 17.4 Å². The molecule has 0 radical (unpaired) electrons. The molecule has 7 nitrogen and oxygen atoms in total. The molecule has 1 saturated carbocycles. The Morgan fingerprint density at radius 3 is 2.39 bits per heavy atom. The third kappa shape index (κ3) is 2.93. The first-order chi connectivity index (χ1) is 14.3. The Morgan fingerprint density at radius 2 is 1.77 bits per heavy atom. The first kappa shape index (κ1) is 21.8. The lowest BCUT2D eigenvalue weighted by atomic mass is 9.45. The lowest BCUT2D eigenvalue weighted by molar-refractivity contribution is -0.243. The van der Waals surface area contributed by atoms with Gasteiger partial charge in [0.1, 0.15) is 11.9 Å². The SMILES string of the molecule is CC(=O)OC1CC(C)(C)C2(O)CCc3c(cc4c(c3C)CC(=O)O4)C2(C)C1OC(C)=O. The molecule has 1 N–H and O–H groups in total. The number of carbonyl (C=O) groups excluding carboxylic acids is 3. The number of aliphatic hydroxyl groups is 1. The van der Waals surface area contributed by atoms with Gasteiger partial charge in [0, 0.05) is 19.4 Å². The van der Waals surface area contributed by atoms with Gasteiger partial charge in [-0.25, -0.2) is 0 Å². The molecule has 0 bridgehead atoms. The number of hydrogen-bond donors (Lipinski definition) is 1. The highest BCUT2D eigenvalue weighted by Gasteiger charge is 2.69. The Kier molecular flexibility index (Phi) is 4.78. The van der Waals surface area contributed by atoms with Crippen molar-refractivity contribution in [2.75, 3.05) is 0 Å². The zero-order valence-corrected chi connectivity index (χ0v) is 19.0. The predicted molar refractivity (Wildman–Crippen MR) is 111 cm³/mol. The van der Waals surface area contributed by atoms with Crippen LogP contribution in [0.25, 0.3) is 0 Å². The number of carbonyl (C=O) groups is 3. The van der Waals surface area contributed by atoms with Crippen LogP contribution >= 0.6 is 0 Å². The molecule has 2 aliphatic carbocycles. The molecule has 7 heteroatoms. The fourth-order valence-corrected chi connectivity index (χ4v) is 6.33. The van der Waals surface area contributed by atoms with Crippen molar-refractivity contribution in [1.29, 1.82) is 0 Å². The molecule has 1 heterocycles. The summed E-state index contributed by atoms with van der Waals surface area (Å²) < 4.78 is 16.9. The highest BCUT2D eigenvalue weighted by atomic mass is 16.6. The largest absolute Gasteiger partial charge is 0.459 e. The van der Waals surface area contributed by atoms with Gasteiger partial charge in [0.25, 0.3) is 0 Å². The molecule has 31 heavy (non-hydrogen) atoms. The normalized spacial score (nSPS) is 32.9. The van der Waals surface area contributed by atoms with Crippen LogP contribution < -0.4 is 4.74 Å². The van der Waals surface area contributed by atoms with E-state index in [1.54, 1.807) is 0 Å². The van der Waals surface area contributed by atoms with Crippen molar-refractivity contribution in [2.24, 2.45) is 5.41 Å². The topological polar surface area (TPSA) is 99.1 Å². The number of benzene rings is 1. The summed E-state index contributed by atoms with van der Waals surface area (Å²) in [6.45, 7) is 10.4. The molecule has 3 aliphatic rings. The molecule has 4 atom stereocenters. The van der Waals surface area contributed by atoms with Crippen molar-refractivity contribution < 1.29 is 33.7 Å². The van der Waals surface area contributed by atoms with Gasteiger partial charge in [-0.15, -0.1) is 0 Å². The van der Waals surface area contributed by atoms with E-state index in [2.05, 4.69) is 0 Å². The van der Waals surface area contributed by atoms with E-state index >= 15 is 0 Å². The quantitative estimate of drug-likeness (QED) is 0.569. The van der Waals surface area contributed by atoms with Crippen molar-refractivity contribution in [3.8, 4) is 5.75 Å². The van der Waals surface area contributed by atoms with Gasteiger partial charge in [-0.3, -0.25) is 14.4 Å². The van der Waals surface area contributed by atoms with Crippen LogP contribution in [0, 0.1) is 12.3 Å². The van der Waals surface area contributed by atoms with E-state index in [1.165, 1.54) is 13.8 Å². The highest BCUT2D eigenvalue weighted by Crippen LogP contribution is 2.62. The lowest BCUT2D eigenvalue weighted by Crippen LogP contribution is -2.73. The van der Waals surface area contributed by atoms with Gasteiger partial charge >= 0.3 is 17.9 Å². The average molecular weight is 430 g/mol. The van der Waals surface area contributed by atoms with E-state index in [0.29, 0.717) is 25.0 Å². The third-order valence-electron chi connectivity index (χ3n) is 7.85. The number of hydrogen-bond acceptors (Lipinski definition) is 7. The second-order valence-corrected chi connectivity index (χ2v) is 9.98. The molecular weight excluding hydrogens is 400 g/mol. The number of rotatable bonds is 2. The minimum atomic E-state index is -1.24. The summed E-state index contributed by atoms with van der Waals surface area (Å²) >= 11 is 0. The smallest absolute Gasteiger partial charge is 0.315 e. The predicted octanol–water partition coefficient (Wildman–Crippen LogP) is 2.68. The minimum Gasteiger partial charge on any atom is -0.459 e. The highest BCUT2D eigenvalue weighted by molar-refractivity contribution is 5.82. The lowest BCUT2D eigenvalue weighted by Gasteiger charge is -2.64. The molecule has 1 aliphatic heterocycles. The van der Waals surface area contributed by atoms with Crippen LogP contribution in [0.1, 0.15) is 69.7 Å².